The van der Waals surface area contributed by atoms with Crippen LogP contribution in [0.15, 0.2) is 52.5 Å². The maximum atomic E-state index is 12.9. The van der Waals surface area contributed by atoms with E-state index in [1.54, 1.807) is 24.3 Å². The average molecular weight is 280 g/mol. The van der Waals surface area contributed by atoms with Gasteiger partial charge < -0.3 is 0 Å². The summed E-state index contributed by atoms with van der Waals surface area (Å²) in [6.45, 7) is 0. The molecule has 1 unspecified atom stereocenters. The zero-order valence-corrected chi connectivity index (χ0v) is 10.7. The van der Waals surface area contributed by atoms with Gasteiger partial charge in [0.15, 0.2) is 4.90 Å². The highest BCUT2D eigenvalue weighted by atomic mass is 35.5. The maximum absolute atomic E-state index is 12.9. The number of halogens is 1. The van der Waals surface area contributed by atoms with E-state index in [9.17, 15) is 9.00 Å². The first-order valence-electron chi connectivity index (χ1n) is 5.18. The van der Waals surface area contributed by atoms with Crippen molar-refractivity contribution in [2.75, 3.05) is 0 Å². The number of fused-ring (bicyclic) bond motifs is 1. The third-order valence-electron chi connectivity index (χ3n) is 2.65. The van der Waals surface area contributed by atoms with Crippen LogP contribution in [0.3, 0.4) is 0 Å². The minimum Gasteiger partial charge on any atom is -0.265 e. The second-order valence-electron chi connectivity index (χ2n) is 3.81. The number of carbonyl (C=O) groups is 1. The largest absolute Gasteiger partial charge is 0.299 e. The van der Waals surface area contributed by atoms with E-state index in [4.69, 9.17) is 11.6 Å². The lowest BCUT2D eigenvalue weighted by Crippen LogP contribution is -2.28. The number of carbonyl (C=O) groups excluding carboxylic acids is 1. The van der Waals surface area contributed by atoms with E-state index in [1.807, 2.05) is 6.07 Å². The lowest BCUT2D eigenvalue weighted by molar-refractivity contribution is 0.0985. The summed E-state index contributed by atoms with van der Waals surface area (Å²) in [6.07, 6.45) is 1.39. The van der Waals surface area contributed by atoms with Crippen molar-refractivity contribution in [1.82, 2.24) is 9.71 Å². The summed E-state index contributed by atoms with van der Waals surface area (Å²) < 4.78 is 15.4. The Morgan fingerprint density at radius 1 is 1.22 bits per heavy atom. The van der Waals surface area contributed by atoms with Crippen molar-refractivity contribution in [1.29, 1.82) is 0 Å². The maximum Gasteiger partial charge on any atom is 0.299 e. The van der Waals surface area contributed by atoms with Gasteiger partial charge in [0.1, 0.15) is 5.56 Å². The summed E-state index contributed by atoms with van der Waals surface area (Å²) >= 11 is 5.79. The number of aromatic nitrogens is 1. The van der Waals surface area contributed by atoms with Gasteiger partial charge in [0.25, 0.3) is 21.1 Å². The van der Waals surface area contributed by atoms with E-state index in [1.165, 1.54) is 12.3 Å². The molecule has 0 spiro atoms. The van der Waals surface area contributed by atoms with Crippen LogP contribution in [0.1, 0.15) is 10.4 Å². The Morgan fingerprint density at radius 2 is 1.94 bits per heavy atom. The number of benzene rings is 1. The summed E-state index contributed by atoms with van der Waals surface area (Å²) in [5, 5.41) is 0.601. The van der Waals surface area contributed by atoms with E-state index in [0.717, 1.165) is 0 Å². The second-order valence-corrected chi connectivity index (χ2v) is 6.42. The second kappa shape index (κ2) is 3.90. The van der Waals surface area contributed by atoms with Crippen LogP contribution in [0.2, 0.25) is 5.02 Å². The molecule has 6 heteroatoms. The molecule has 4 nitrogen and oxygen atoms in total. The lowest BCUT2D eigenvalue weighted by Gasteiger charge is -2.03. The molecule has 0 saturated heterocycles. The van der Waals surface area contributed by atoms with Crippen molar-refractivity contribution in [3.63, 3.8) is 0 Å². The van der Waals surface area contributed by atoms with Crippen LogP contribution >= 0.6 is 11.6 Å². The molecule has 0 saturated carbocycles. The average Bonchev–Trinajstić information content (AvgIpc) is 2.63. The SMILES string of the molecule is O=C1N[S+](=O)(c2ccccc2)c2ncc(Cl)cc21. The zero-order chi connectivity index (χ0) is 12.8. The first-order valence-corrected chi connectivity index (χ1v) is 7.12. The molecule has 0 aliphatic carbocycles. The van der Waals surface area contributed by atoms with Gasteiger partial charge in [0.05, 0.1) is 11.2 Å². The van der Waals surface area contributed by atoms with Gasteiger partial charge in [-0.25, -0.2) is 4.98 Å². The topological polar surface area (TPSA) is 59.1 Å². The summed E-state index contributed by atoms with van der Waals surface area (Å²) in [5.74, 6) is -0.408. The minimum absolute atomic E-state index is 0.253. The molecule has 0 radical (unpaired) electrons. The van der Waals surface area contributed by atoms with Crippen molar-refractivity contribution in [2.45, 2.75) is 9.92 Å². The van der Waals surface area contributed by atoms with Crippen molar-refractivity contribution in [2.24, 2.45) is 0 Å². The standard InChI is InChI=1S/C12H7ClN2O2S/c13-8-6-10-11(16)15-18(17,12(10)14-7-8)9-4-2-1-3-5-9/h1-7H/p+1. The van der Waals surface area contributed by atoms with E-state index in [-0.39, 0.29) is 10.6 Å². The van der Waals surface area contributed by atoms with Crippen molar-refractivity contribution in [3.05, 3.63) is 53.2 Å². The smallest absolute Gasteiger partial charge is 0.265 e. The molecule has 1 N–H and O–H groups in total. The Morgan fingerprint density at radius 3 is 2.67 bits per heavy atom. The Labute approximate surface area is 110 Å². The van der Waals surface area contributed by atoms with Crippen LogP contribution in [-0.2, 0) is 14.3 Å². The molecular weight excluding hydrogens is 272 g/mol. The highest BCUT2D eigenvalue weighted by Gasteiger charge is 2.49. The van der Waals surface area contributed by atoms with Crippen LogP contribution in [0.5, 0.6) is 0 Å². The molecular formula is C12H8ClN2O2S+. The molecule has 0 bridgehead atoms. The van der Waals surface area contributed by atoms with Crippen LogP contribution in [0.25, 0.3) is 0 Å². The van der Waals surface area contributed by atoms with Crippen LogP contribution in [0, 0.1) is 0 Å². The fourth-order valence-corrected chi connectivity index (χ4v) is 4.00. The van der Waals surface area contributed by atoms with Gasteiger partial charge in [0, 0.05) is 0 Å². The van der Waals surface area contributed by atoms with Crippen molar-refractivity contribution >= 4 is 27.6 Å². The number of nitrogens with zero attached hydrogens (tertiary/aromatic N) is 1. The van der Waals surface area contributed by atoms with Crippen LogP contribution in [0.4, 0.5) is 0 Å². The highest BCUT2D eigenvalue weighted by molar-refractivity contribution is 8.02. The molecule has 1 amide bonds. The Balaban J connectivity index is 2.25. The number of amides is 1. The van der Waals surface area contributed by atoms with E-state index in [0.29, 0.717) is 9.92 Å². The molecule has 0 fully saturated rings. The first kappa shape index (κ1) is 11.4. The third kappa shape index (κ3) is 1.55. The Bertz CT molecular complexity index is 688. The van der Waals surface area contributed by atoms with Gasteiger partial charge in [-0.1, -0.05) is 34.0 Å². The molecule has 3 rings (SSSR count). The first-order chi connectivity index (χ1) is 8.61. The normalized spacial score (nSPS) is 21.5. The van der Waals surface area contributed by atoms with E-state index < -0.39 is 16.0 Å². The molecule has 1 aromatic carbocycles. The third-order valence-corrected chi connectivity index (χ3v) is 5.13. The highest BCUT2D eigenvalue weighted by Crippen LogP contribution is 2.33. The van der Waals surface area contributed by atoms with E-state index >= 15 is 0 Å². The molecule has 1 atom stereocenters. The summed E-state index contributed by atoms with van der Waals surface area (Å²) in [4.78, 5) is 16.4. The minimum atomic E-state index is -2.83. The monoisotopic (exact) mass is 279 g/mol. The molecule has 1 aliphatic rings. The fourth-order valence-electron chi connectivity index (χ4n) is 1.84. The van der Waals surface area contributed by atoms with Gasteiger partial charge in [-0.15, -0.1) is 0 Å². The van der Waals surface area contributed by atoms with Gasteiger partial charge >= 0.3 is 0 Å². The molecule has 1 aromatic heterocycles. The van der Waals surface area contributed by atoms with Crippen LogP contribution in [-0.4, -0.2) is 10.9 Å². The predicted octanol–water partition coefficient (Wildman–Crippen LogP) is 2.31. The number of nitrogens with one attached hydrogen (secondary N) is 1. The molecule has 2 aromatic rings. The Hall–Kier alpha value is -1.72. The van der Waals surface area contributed by atoms with Crippen molar-refractivity contribution in [3.8, 4) is 0 Å². The predicted molar refractivity (Wildman–Crippen MR) is 67.7 cm³/mol. The van der Waals surface area contributed by atoms with E-state index in [2.05, 4.69) is 9.71 Å². The number of pyridine rings is 1. The molecule has 18 heavy (non-hydrogen) atoms. The van der Waals surface area contributed by atoms with Gasteiger partial charge in [-0.2, -0.15) is 4.72 Å². The molecule has 1 aliphatic heterocycles. The number of hydrogen-bond donors (Lipinski definition) is 1. The molecule has 90 valence electrons. The fraction of sp³-hybridized carbons (Fsp3) is 0. The number of rotatable bonds is 1. The quantitative estimate of drug-likeness (QED) is 0.815. The van der Waals surface area contributed by atoms with Crippen molar-refractivity contribution < 1.29 is 9.00 Å². The number of hydrogen-bond acceptors (Lipinski definition) is 3. The van der Waals surface area contributed by atoms with Gasteiger partial charge in [-0.3, -0.25) is 4.79 Å². The summed E-state index contributed by atoms with van der Waals surface area (Å²) in [7, 11) is -2.83. The van der Waals surface area contributed by atoms with Gasteiger partial charge in [-0.05, 0) is 18.2 Å². The summed E-state index contributed by atoms with van der Waals surface area (Å²) in [5.41, 5.74) is 0.274. The molecule has 2 heterocycles. The lowest BCUT2D eigenvalue weighted by atomic mass is 10.3. The summed E-state index contributed by atoms with van der Waals surface area (Å²) in [6, 6.07) is 10.2. The zero-order valence-electron chi connectivity index (χ0n) is 9.09. The van der Waals surface area contributed by atoms with Crippen LogP contribution < -0.4 is 4.72 Å². The Kier molecular flexibility index (Phi) is 2.46. The van der Waals surface area contributed by atoms with Gasteiger partial charge in [0.2, 0.25) is 0 Å².